The van der Waals surface area contributed by atoms with Gasteiger partial charge in [-0.15, -0.1) is 0 Å². The molecular formula is C12H20O5S. The van der Waals surface area contributed by atoms with Crippen LogP contribution >= 0.6 is 11.8 Å². The van der Waals surface area contributed by atoms with Crippen LogP contribution in [0.5, 0.6) is 0 Å². The maximum atomic E-state index is 11.2. The molecule has 0 bridgehead atoms. The van der Waals surface area contributed by atoms with Crippen molar-refractivity contribution < 1.29 is 23.8 Å². The van der Waals surface area contributed by atoms with Crippen molar-refractivity contribution in [2.24, 2.45) is 0 Å². The van der Waals surface area contributed by atoms with Gasteiger partial charge in [0.1, 0.15) is 0 Å². The summed E-state index contributed by atoms with van der Waals surface area (Å²) in [7, 11) is 0. The van der Waals surface area contributed by atoms with Gasteiger partial charge < -0.3 is 14.2 Å². The molecule has 1 rings (SSSR count). The fraction of sp³-hybridized carbons (Fsp3) is 0.667. The molecule has 0 aromatic heterocycles. The summed E-state index contributed by atoms with van der Waals surface area (Å²) >= 11 is 1.65. The van der Waals surface area contributed by atoms with Gasteiger partial charge in [-0.05, 0) is 6.92 Å². The van der Waals surface area contributed by atoms with E-state index in [1.54, 1.807) is 11.8 Å². The van der Waals surface area contributed by atoms with Gasteiger partial charge in [-0.25, -0.2) is 9.59 Å². The molecule has 1 saturated heterocycles. The second-order valence-corrected chi connectivity index (χ2v) is 4.37. The average Bonchev–Trinajstić information content (AvgIpc) is 2.39. The molecule has 0 amide bonds. The van der Waals surface area contributed by atoms with Crippen molar-refractivity contribution in [2.45, 2.75) is 27.1 Å². The zero-order valence-corrected chi connectivity index (χ0v) is 11.9. The predicted octanol–water partition coefficient (Wildman–Crippen LogP) is 1.76. The van der Waals surface area contributed by atoms with Crippen molar-refractivity contribution in [3.63, 3.8) is 0 Å². The highest BCUT2D eigenvalue weighted by Crippen LogP contribution is 2.13. The molecule has 104 valence electrons. The first-order chi connectivity index (χ1) is 8.59. The summed E-state index contributed by atoms with van der Waals surface area (Å²) in [5.74, 6) is 0.303. The quantitative estimate of drug-likeness (QED) is 0.576. The summed E-state index contributed by atoms with van der Waals surface area (Å²) < 4.78 is 14.7. The van der Waals surface area contributed by atoms with E-state index >= 15 is 0 Å². The minimum absolute atomic E-state index is 0.247. The van der Waals surface area contributed by atoms with Crippen molar-refractivity contribution in [3.8, 4) is 0 Å². The van der Waals surface area contributed by atoms with Gasteiger partial charge in [0.25, 0.3) is 0 Å². The Morgan fingerprint density at radius 3 is 2.61 bits per heavy atom. The summed E-state index contributed by atoms with van der Waals surface area (Å²) in [6, 6.07) is 0. The zero-order chi connectivity index (χ0) is 14.0. The van der Waals surface area contributed by atoms with Gasteiger partial charge in [0.05, 0.1) is 12.4 Å². The molecule has 0 aromatic rings. The van der Waals surface area contributed by atoms with Crippen molar-refractivity contribution in [2.75, 3.05) is 24.7 Å². The van der Waals surface area contributed by atoms with Gasteiger partial charge in [-0.3, -0.25) is 0 Å². The molecule has 0 saturated carbocycles. The fourth-order valence-electron chi connectivity index (χ4n) is 0.962. The van der Waals surface area contributed by atoms with Crippen molar-refractivity contribution >= 4 is 23.7 Å². The van der Waals surface area contributed by atoms with Crippen LogP contribution in [0.25, 0.3) is 0 Å². The van der Waals surface area contributed by atoms with Crippen LogP contribution in [0.2, 0.25) is 0 Å². The molecule has 1 heterocycles. The first-order valence-corrected chi connectivity index (χ1v) is 6.96. The van der Waals surface area contributed by atoms with E-state index in [2.05, 4.69) is 11.3 Å². The van der Waals surface area contributed by atoms with Crippen molar-refractivity contribution in [1.82, 2.24) is 0 Å². The summed E-state index contributed by atoms with van der Waals surface area (Å²) in [5.41, 5.74) is 0.247. The van der Waals surface area contributed by atoms with Crippen LogP contribution in [0.15, 0.2) is 12.2 Å². The van der Waals surface area contributed by atoms with Gasteiger partial charge in [0, 0.05) is 11.3 Å². The van der Waals surface area contributed by atoms with E-state index < -0.39 is 24.8 Å². The molecule has 6 heteroatoms. The summed E-state index contributed by atoms with van der Waals surface area (Å²) in [5, 5.41) is 0. The Hall–Kier alpha value is -1.01. The lowest BCUT2D eigenvalue weighted by Gasteiger charge is -2.21. The van der Waals surface area contributed by atoms with Crippen molar-refractivity contribution in [1.29, 1.82) is 0 Å². The normalized spacial score (nSPS) is 18.1. The van der Waals surface area contributed by atoms with Gasteiger partial charge in [-0.2, -0.15) is 11.8 Å². The molecule has 1 aliphatic heterocycles. The lowest BCUT2D eigenvalue weighted by Crippen LogP contribution is -2.30. The monoisotopic (exact) mass is 276 g/mol. The van der Waals surface area contributed by atoms with E-state index in [0.29, 0.717) is 12.4 Å². The maximum Gasteiger partial charge on any atom is 0.346 e. The van der Waals surface area contributed by atoms with E-state index in [1.165, 1.54) is 6.92 Å². The first kappa shape index (κ1) is 17.0. The third kappa shape index (κ3) is 7.34. The number of thioether (sulfide) groups is 1. The number of esters is 2. The lowest BCUT2D eigenvalue weighted by atomic mass is 10.4. The number of hydrogen-bond donors (Lipinski definition) is 0. The molecule has 1 atom stereocenters. The molecule has 0 aromatic carbocycles. The van der Waals surface area contributed by atoms with Gasteiger partial charge >= 0.3 is 11.9 Å². The van der Waals surface area contributed by atoms with Crippen LogP contribution in [0, 0.1) is 0 Å². The molecule has 0 aliphatic carbocycles. The van der Waals surface area contributed by atoms with Crippen LogP contribution in [0.3, 0.4) is 0 Å². The van der Waals surface area contributed by atoms with E-state index in [9.17, 15) is 9.59 Å². The van der Waals surface area contributed by atoms with Crippen LogP contribution in [-0.2, 0) is 23.8 Å². The summed E-state index contributed by atoms with van der Waals surface area (Å²) in [6.07, 6.45) is -0.533. The second-order valence-electron chi connectivity index (χ2n) is 3.22. The van der Waals surface area contributed by atoms with Crippen LogP contribution in [0.4, 0.5) is 0 Å². The SMILES string of the molecule is C=C(C)C(=O)OCC(=O)OC1CSCCO1.CC. The molecule has 5 nitrogen and oxygen atoms in total. The second kappa shape index (κ2) is 9.96. The Kier molecular flexibility index (Phi) is 9.40. The largest absolute Gasteiger partial charge is 0.450 e. The zero-order valence-electron chi connectivity index (χ0n) is 11.1. The lowest BCUT2D eigenvalue weighted by molar-refractivity contribution is -0.180. The molecule has 0 N–H and O–H groups in total. The third-order valence-corrected chi connectivity index (χ3v) is 2.68. The van der Waals surface area contributed by atoms with E-state index in [-0.39, 0.29) is 5.57 Å². The highest BCUT2D eigenvalue weighted by atomic mass is 32.2. The molecule has 0 spiro atoms. The Morgan fingerprint density at radius 2 is 2.11 bits per heavy atom. The van der Waals surface area contributed by atoms with E-state index in [4.69, 9.17) is 9.47 Å². The smallest absolute Gasteiger partial charge is 0.346 e. The number of rotatable bonds is 4. The first-order valence-electron chi connectivity index (χ1n) is 5.81. The molecule has 0 radical (unpaired) electrons. The minimum atomic E-state index is -0.609. The number of carbonyl (C=O) groups is 2. The standard InChI is InChI=1S/C10H14O5S.C2H6/c1-7(2)10(12)14-5-8(11)15-9-6-16-4-3-13-9;1-2/h9H,1,3-6H2,2H3;1-2H3. The predicted molar refractivity (Wildman–Crippen MR) is 70.3 cm³/mol. The highest BCUT2D eigenvalue weighted by molar-refractivity contribution is 7.99. The third-order valence-electron chi connectivity index (χ3n) is 1.72. The Morgan fingerprint density at radius 1 is 1.44 bits per heavy atom. The van der Waals surface area contributed by atoms with Crippen LogP contribution < -0.4 is 0 Å². The average molecular weight is 276 g/mol. The van der Waals surface area contributed by atoms with Gasteiger partial charge in [0.15, 0.2) is 6.61 Å². The summed E-state index contributed by atoms with van der Waals surface area (Å²) in [6.45, 7) is 9.06. The fourth-order valence-corrected chi connectivity index (χ4v) is 1.70. The molecular weight excluding hydrogens is 256 g/mol. The van der Waals surface area contributed by atoms with Crippen molar-refractivity contribution in [3.05, 3.63) is 12.2 Å². The molecule has 1 unspecified atom stereocenters. The van der Waals surface area contributed by atoms with Crippen LogP contribution in [-0.4, -0.2) is 42.9 Å². The molecule has 18 heavy (non-hydrogen) atoms. The van der Waals surface area contributed by atoms with Gasteiger partial charge in [0.2, 0.25) is 6.29 Å². The number of hydrogen-bond acceptors (Lipinski definition) is 6. The van der Waals surface area contributed by atoms with E-state index in [1.807, 2.05) is 13.8 Å². The Bertz CT molecular complexity index is 284. The number of carbonyl (C=O) groups excluding carboxylic acids is 2. The van der Waals surface area contributed by atoms with Crippen LogP contribution in [0.1, 0.15) is 20.8 Å². The highest BCUT2D eigenvalue weighted by Gasteiger charge is 2.19. The van der Waals surface area contributed by atoms with Gasteiger partial charge in [-0.1, -0.05) is 20.4 Å². The Labute approximate surface area is 112 Å². The topological polar surface area (TPSA) is 61.8 Å². The molecule has 1 fully saturated rings. The number of ether oxygens (including phenoxy) is 3. The van der Waals surface area contributed by atoms with E-state index in [0.717, 1.165) is 5.75 Å². The summed E-state index contributed by atoms with van der Waals surface area (Å²) in [4.78, 5) is 22.2. The maximum absolute atomic E-state index is 11.2. The minimum Gasteiger partial charge on any atom is -0.450 e. The molecule has 1 aliphatic rings. The Balaban J connectivity index is 0.00000137.